The normalized spacial score (nSPS) is 10.6. The Bertz CT molecular complexity index is 581. The van der Waals surface area contributed by atoms with Crippen LogP contribution in [0.5, 0.6) is 5.75 Å². The van der Waals surface area contributed by atoms with Crippen molar-refractivity contribution in [3.63, 3.8) is 0 Å². The average Bonchev–Trinajstić information content (AvgIpc) is 2.40. The third kappa shape index (κ3) is 3.80. The molecule has 0 aromatic heterocycles. The van der Waals surface area contributed by atoms with Gasteiger partial charge in [-0.2, -0.15) is 0 Å². The summed E-state index contributed by atoms with van der Waals surface area (Å²) in [6.07, 6.45) is 0.701. The van der Waals surface area contributed by atoms with Crippen molar-refractivity contribution in [1.82, 2.24) is 0 Å². The summed E-state index contributed by atoms with van der Waals surface area (Å²) < 4.78 is 5.81. The van der Waals surface area contributed by atoms with E-state index in [9.17, 15) is 0 Å². The minimum Gasteiger partial charge on any atom is -0.489 e. The van der Waals surface area contributed by atoms with E-state index in [0.717, 1.165) is 16.9 Å². The first kappa shape index (κ1) is 15.5. The molecule has 2 N–H and O–H groups in total. The molecule has 2 aromatic rings. The third-order valence-electron chi connectivity index (χ3n) is 2.87. The molecule has 0 aliphatic rings. The molecule has 2 aromatic carbocycles. The Morgan fingerprint density at radius 2 is 1.70 bits per heavy atom. The molecule has 2 rings (SSSR count). The van der Waals surface area contributed by atoms with Gasteiger partial charge >= 0.3 is 0 Å². The van der Waals surface area contributed by atoms with Gasteiger partial charge in [0.1, 0.15) is 12.4 Å². The van der Waals surface area contributed by atoms with E-state index >= 15 is 0 Å². The Morgan fingerprint density at radius 1 is 1.00 bits per heavy atom. The number of hydrogen-bond donors (Lipinski definition) is 1. The van der Waals surface area contributed by atoms with Crippen LogP contribution in [0.25, 0.3) is 0 Å². The molecule has 106 valence electrons. The average molecular weight is 331 g/mol. The summed E-state index contributed by atoms with van der Waals surface area (Å²) in [5.74, 6) is 0.746. The predicted octanol–water partition coefficient (Wildman–Crippen LogP) is 4.73. The van der Waals surface area contributed by atoms with Crippen molar-refractivity contribution >= 4 is 34.8 Å². The SMILES string of the molecule is NCCc1cc(Cl)ccc1OCc1c(Cl)cccc1Cl. The van der Waals surface area contributed by atoms with Gasteiger partial charge in [-0.15, -0.1) is 0 Å². The highest BCUT2D eigenvalue weighted by Crippen LogP contribution is 2.28. The monoisotopic (exact) mass is 329 g/mol. The maximum atomic E-state index is 6.12. The van der Waals surface area contributed by atoms with E-state index in [1.807, 2.05) is 12.1 Å². The van der Waals surface area contributed by atoms with Crippen molar-refractivity contribution in [3.05, 3.63) is 62.6 Å². The number of nitrogens with two attached hydrogens (primary N) is 1. The van der Waals surface area contributed by atoms with E-state index in [-0.39, 0.29) is 0 Å². The number of rotatable bonds is 5. The van der Waals surface area contributed by atoms with Crippen molar-refractivity contribution < 1.29 is 4.74 Å². The maximum Gasteiger partial charge on any atom is 0.123 e. The van der Waals surface area contributed by atoms with Gasteiger partial charge in [0.05, 0.1) is 0 Å². The first-order chi connectivity index (χ1) is 9.61. The summed E-state index contributed by atoms with van der Waals surface area (Å²) in [7, 11) is 0. The van der Waals surface area contributed by atoms with Crippen LogP contribution in [0.4, 0.5) is 0 Å². The molecule has 20 heavy (non-hydrogen) atoms. The molecule has 0 saturated carbocycles. The van der Waals surface area contributed by atoms with Gasteiger partial charge in [-0.25, -0.2) is 0 Å². The summed E-state index contributed by atoms with van der Waals surface area (Å²) in [5, 5.41) is 1.84. The number of halogens is 3. The molecule has 0 bridgehead atoms. The molecule has 0 amide bonds. The molecule has 0 radical (unpaired) electrons. The Labute approximate surface area is 133 Å². The second kappa shape index (κ2) is 7.19. The molecule has 0 aliphatic carbocycles. The molecule has 0 spiro atoms. The van der Waals surface area contributed by atoms with Gasteiger partial charge in [-0.1, -0.05) is 40.9 Å². The lowest BCUT2D eigenvalue weighted by molar-refractivity contribution is 0.303. The van der Waals surface area contributed by atoms with Crippen LogP contribution >= 0.6 is 34.8 Å². The zero-order chi connectivity index (χ0) is 14.5. The summed E-state index contributed by atoms with van der Waals surface area (Å²) in [6.45, 7) is 0.835. The Hall–Kier alpha value is -0.930. The zero-order valence-corrected chi connectivity index (χ0v) is 13.0. The summed E-state index contributed by atoms with van der Waals surface area (Å²) >= 11 is 18.2. The van der Waals surface area contributed by atoms with Crippen LogP contribution in [0.2, 0.25) is 15.1 Å². The fourth-order valence-corrected chi connectivity index (χ4v) is 2.56. The maximum absolute atomic E-state index is 6.12. The smallest absolute Gasteiger partial charge is 0.123 e. The first-order valence-electron chi connectivity index (χ1n) is 6.16. The second-order valence-electron chi connectivity index (χ2n) is 4.28. The van der Waals surface area contributed by atoms with Crippen molar-refractivity contribution in [2.24, 2.45) is 5.73 Å². The highest BCUT2D eigenvalue weighted by atomic mass is 35.5. The van der Waals surface area contributed by atoms with Gasteiger partial charge in [-0.05, 0) is 48.9 Å². The molecule has 0 atom stereocenters. The molecular formula is C15H14Cl3NO. The highest BCUT2D eigenvalue weighted by Gasteiger charge is 2.09. The van der Waals surface area contributed by atoms with Crippen molar-refractivity contribution in [1.29, 1.82) is 0 Å². The topological polar surface area (TPSA) is 35.2 Å². The van der Waals surface area contributed by atoms with Crippen LogP contribution in [-0.4, -0.2) is 6.54 Å². The number of hydrogen-bond acceptors (Lipinski definition) is 2. The minimum absolute atomic E-state index is 0.303. The van der Waals surface area contributed by atoms with Crippen molar-refractivity contribution in [2.45, 2.75) is 13.0 Å². The van der Waals surface area contributed by atoms with Gasteiger partial charge < -0.3 is 10.5 Å². The minimum atomic E-state index is 0.303. The summed E-state index contributed by atoms with van der Waals surface area (Å²) in [4.78, 5) is 0. The second-order valence-corrected chi connectivity index (χ2v) is 5.53. The number of benzene rings is 2. The molecule has 0 heterocycles. The predicted molar refractivity (Wildman–Crippen MR) is 85.0 cm³/mol. The zero-order valence-electron chi connectivity index (χ0n) is 10.7. The van der Waals surface area contributed by atoms with Gasteiger partial charge in [0.25, 0.3) is 0 Å². The number of ether oxygens (including phenoxy) is 1. The summed E-state index contributed by atoms with van der Waals surface area (Å²) in [6, 6.07) is 10.8. The quantitative estimate of drug-likeness (QED) is 0.860. The van der Waals surface area contributed by atoms with Crippen LogP contribution in [0.15, 0.2) is 36.4 Å². The van der Waals surface area contributed by atoms with E-state index in [4.69, 9.17) is 45.3 Å². The molecule has 0 fully saturated rings. The molecule has 0 unspecified atom stereocenters. The standard InChI is InChI=1S/C15H14Cl3NO/c16-11-4-5-15(10(8-11)6-7-19)20-9-12-13(17)2-1-3-14(12)18/h1-5,8H,6-7,9,19H2. The first-order valence-corrected chi connectivity index (χ1v) is 7.29. The molecular weight excluding hydrogens is 317 g/mol. The van der Waals surface area contributed by atoms with Crippen LogP contribution in [0.3, 0.4) is 0 Å². The lowest BCUT2D eigenvalue weighted by atomic mass is 10.1. The van der Waals surface area contributed by atoms with E-state index in [1.54, 1.807) is 24.3 Å². The Balaban J connectivity index is 2.18. The van der Waals surface area contributed by atoms with E-state index < -0.39 is 0 Å². The lowest BCUT2D eigenvalue weighted by Crippen LogP contribution is -2.06. The fourth-order valence-electron chi connectivity index (χ4n) is 1.86. The third-order valence-corrected chi connectivity index (χ3v) is 3.81. The summed E-state index contributed by atoms with van der Waals surface area (Å²) in [5.41, 5.74) is 7.34. The van der Waals surface area contributed by atoms with E-state index in [1.165, 1.54) is 0 Å². The largest absolute Gasteiger partial charge is 0.489 e. The molecule has 2 nitrogen and oxygen atoms in total. The van der Waals surface area contributed by atoms with E-state index in [0.29, 0.717) is 34.6 Å². The van der Waals surface area contributed by atoms with Gasteiger partial charge in [0.2, 0.25) is 0 Å². The Morgan fingerprint density at radius 3 is 2.35 bits per heavy atom. The van der Waals surface area contributed by atoms with Crippen molar-refractivity contribution in [3.8, 4) is 5.75 Å². The Kier molecular flexibility index (Phi) is 5.55. The molecule has 0 saturated heterocycles. The van der Waals surface area contributed by atoms with Crippen LogP contribution in [-0.2, 0) is 13.0 Å². The molecule has 0 aliphatic heterocycles. The molecule has 5 heteroatoms. The highest BCUT2D eigenvalue weighted by molar-refractivity contribution is 6.35. The van der Waals surface area contributed by atoms with Gasteiger partial charge in [0, 0.05) is 20.6 Å². The fraction of sp³-hybridized carbons (Fsp3) is 0.200. The van der Waals surface area contributed by atoms with Crippen molar-refractivity contribution in [2.75, 3.05) is 6.54 Å². The van der Waals surface area contributed by atoms with Crippen LogP contribution < -0.4 is 10.5 Å². The van der Waals surface area contributed by atoms with Gasteiger partial charge in [0.15, 0.2) is 0 Å². The van der Waals surface area contributed by atoms with Crippen LogP contribution in [0, 0.1) is 0 Å². The lowest BCUT2D eigenvalue weighted by Gasteiger charge is -2.13. The van der Waals surface area contributed by atoms with Crippen LogP contribution in [0.1, 0.15) is 11.1 Å². The van der Waals surface area contributed by atoms with E-state index in [2.05, 4.69) is 0 Å². The van der Waals surface area contributed by atoms with Gasteiger partial charge in [-0.3, -0.25) is 0 Å².